The van der Waals surface area contributed by atoms with Gasteiger partial charge in [-0.05, 0) is 27.2 Å². The van der Waals surface area contributed by atoms with Crippen molar-refractivity contribution in [3.63, 3.8) is 0 Å². The first-order valence-electron chi connectivity index (χ1n) is 5.61. The Morgan fingerprint density at radius 3 is 2.56 bits per heavy atom. The van der Waals surface area contributed by atoms with Crippen LogP contribution >= 0.6 is 30.4 Å². The average Bonchev–Trinajstić information content (AvgIpc) is 2.24. The fourth-order valence-corrected chi connectivity index (χ4v) is 1.47. The summed E-state index contributed by atoms with van der Waals surface area (Å²) in [6.45, 7) is 6.83. The minimum absolute atomic E-state index is 0.190. The van der Waals surface area contributed by atoms with E-state index in [4.69, 9.17) is 13.7 Å². The summed E-state index contributed by atoms with van der Waals surface area (Å²) < 4.78 is 15.4. The highest BCUT2D eigenvalue weighted by molar-refractivity contribution is 14.2. The molecule has 0 aliphatic heterocycles. The summed E-state index contributed by atoms with van der Waals surface area (Å²) in [7, 11) is 1.26. The molecule has 0 saturated carbocycles. The van der Waals surface area contributed by atoms with Crippen LogP contribution in [0.15, 0.2) is 0 Å². The van der Waals surface area contributed by atoms with Gasteiger partial charge in [-0.15, -0.1) is 0 Å². The van der Waals surface area contributed by atoms with Crippen molar-refractivity contribution in [3.8, 4) is 11.8 Å². The lowest BCUT2D eigenvalue weighted by Gasteiger charge is -2.19. The highest BCUT2D eigenvalue weighted by Gasteiger charge is 2.15. The molecule has 0 radical (unpaired) electrons. The second-order valence-corrected chi connectivity index (χ2v) is 5.86. The second kappa shape index (κ2) is 10.9. The van der Waals surface area contributed by atoms with E-state index in [2.05, 4.69) is 11.8 Å². The first-order valence-corrected chi connectivity index (χ1v) is 8.89. The molecule has 4 nitrogen and oxygen atoms in total. The number of hydrogen-bond donors (Lipinski definition) is 0. The van der Waals surface area contributed by atoms with Crippen LogP contribution in [0.4, 0.5) is 0 Å². The molecule has 0 aliphatic carbocycles. The molecule has 0 fully saturated rings. The van der Waals surface area contributed by atoms with Crippen LogP contribution < -0.4 is 0 Å². The maximum atomic E-state index is 11.3. The van der Waals surface area contributed by atoms with Crippen LogP contribution in [0.5, 0.6) is 0 Å². The third-order valence-corrected chi connectivity index (χ3v) is 2.53. The topological polar surface area (TPSA) is 44.8 Å². The molecule has 0 amide bonds. The Hall–Kier alpha value is 0.0300. The van der Waals surface area contributed by atoms with Crippen molar-refractivity contribution in [2.75, 3.05) is 19.8 Å². The van der Waals surface area contributed by atoms with Gasteiger partial charge in [0, 0.05) is 34.2 Å². The van der Waals surface area contributed by atoms with Gasteiger partial charge < -0.3 is 9.47 Å². The summed E-state index contributed by atoms with van der Waals surface area (Å²) in [6, 6.07) is 0. The van der Waals surface area contributed by atoms with Crippen molar-refractivity contribution < 1.29 is 18.5 Å². The highest BCUT2D eigenvalue weighted by Crippen LogP contribution is 2.10. The Balaban J connectivity index is 3.39. The number of rotatable bonds is 7. The molecule has 0 aromatic rings. The number of ether oxygens (including phenoxy) is 2. The van der Waals surface area contributed by atoms with E-state index in [0.29, 0.717) is 32.7 Å². The molecule has 6 heteroatoms. The summed E-state index contributed by atoms with van der Waals surface area (Å²) in [5.41, 5.74) is -0.417. The van der Waals surface area contributed by atoms with Crippen molar-refractivity contribution in [1.82, 2.24) is 0 Å². The molecule has 0 rings (SSSR count). The van der Waals surface area contributed by atoms with E-state index < -0.39 is 5.60 Å². The lowest BCUT2D eigenvalue weighted by molar-refractivity contribution is -0.155. The molecular formula is C12H19IO4S. The highest BCUT2D eigenvalue weighted by atomic mass is 127. The molecule has 0 heterocycles. The van der Waals surface area contributed by atoms with E-state index in [-0.39, 0.29) is 5.97 Å². The zero-order valence-electron chi connectivity index (χ0n) is 11.0. The van der Waals surface area contributed by atoms with Crippen LogP contribution in [0.1, 0.15) is 33.6 Å². The van der Waals surface area contributed by atoms with Crippen molar-refractivity contribution in [1.29, 1.82) is 0 Å². The van der Waals surface area contributed by atoms with Crippen LogP contribution in [-0.4, -0.2) is 31.4 Å². The third-order valence-electron chi connectivity index (χ3n) is 1.56. The Morgan fingerprint density at radius 2 is 1.94 bits per heavy atom. The monoisotopic (exact) mass is 386 g/mol. The molecular weight excluding hydrogens is 367 g/mol. The second-order valence-electron chi connectivity index (χ2n) is 4.42. The van der Waals surface area contributed by atoms with Crippen LogP contribution in [0, 0.1) is 11.8 Å². The van der Waals surface area contributed by atoms with Gasteiger partial charge in [-0.3, -0.25) is 8.98 Å². The van der Waals surface area contributed by atoms with E-state index in [1.54, 1.807) is 0 Å². The van der Waals surface area contributed by atoms with Gasteiger partial charge in [0.15, 0.2) is 0 Å². The largest absolute Gasteiger partial charge is 0.460 e. The van der Waals surface area contributed by atoms with Gasteiger partial charge in [-0.1, -0.05) is 11.8 Å². The summed E-state index contributed by atoms with van der Waals surface area (Å²) in [5.74, 6) is 5.43. The van der Waals surface area contributed by atoms with Crippen molar-refractivity contribution >= 4 is 36.4 Å². The Labute approximate surface area is 125 Å². The van der Waals surface area contributed by atoms with Gasteiger partial charge in [0.05, 0.1) is 9.21 Å². The van der Waals surface area contributed by atoms with Crippen molar-refractivity contribution in [2.24, 2.45) is 0 Å². The molecule has 0 saturated heterocycles. The Kier molecular flexibility index (Phi) is 10.9. The molecule has 0 unspecified atom stereocenters. The molecule has 0 aromatic carbocycles. The number of hydrogen-bond acceptors (Lipinski definition) is 5. The lowest BCUT2D eigenvalue weighted by Crippen LogP contribution is -2.23. The van der Waals surface area contributed by atoms with Gasteiger partial charge in [0.25, 0.3) is 0 Å². The number of halogens is 1. The predicted molar refractivity (Wildman–Crippen MR) is 81.2 cm³/mol. The smallest absolute Gasteiger partial charge is 0.306 e. The van der Waals surface area contributed by atoms with E-state index in [0.717, 1.165) is 0 Å². The van der Waals surface area contributed by atoms with Crippen LogP contribution in [0.3, 0.4) is 0 Å². The fraction of sp³-hybridized carbons (Fsp3) is 0.750. The molecule has 0 bridgehead atoms. The standard InChI is InChI=1S/C12H19IO4S/c1-12(2,3)17-11(14)7-6-9-15-8-4-5-10-16-18-13/h6-10H2,1-3H3. The quantitative estimate of drug-likeness (QED) is 0.221. The number of carbonyl (C=O) groups excluding carboxylic acids is 1. The fourth-order valence-electron chi connectivity index (χ4n) is 0.988. The normalized spacial score (nSPS) is 10.7. The molecule has 0 N–H and O–H groups in total. The lowest BCUT2D eigenvalue weighted by atomic mass is 10.2. The molecule has 0 aliphatic rings. The maximum Gasteiger partial charge on any atom is 0.306 e. The first kappa shape index (κ1) is 18.0. The Bertz CT molecular complexity index is 291. The van der Waals surface area contributed by atoms with E-state index in [1.807, 2.05) is 42.0 Å². The molecule has 104 valence electrons. The summed E-state index contributed by atoms with van der Waals surface area (Å²) in [6.07, 6.45) is 1.02. The third kappa shape index (κ3) is 14.1. The van der Waals surface area contributed by atoms with E-state index in [9.17, 15) is 4.79 Å². The Morgan fingerprint density at radius 1 is 1.28 bits per heavy atom. The van der Waals surface area contributed by atoms with Gasteiger partial charge >= 0.3 is 5.97 Å². The summed E-state index contributed by atoms with van der Waals surface area (Å²) >= 11 is 2.03. The summed E-state index contributed by atoms with van der Waals surface area (Å²) in [5, 5.41) is 0. The average molecular weight is 386 g/mol. The molecule has 0 atom stereocenters. The first-order chi connectivity index (χ1) is 8.45. The zero-order valence-corrected chi connectivity index (χ0v) is 13.9. The van der Waals surface area contributed by atoms with Gasteiger partial charge in [-0.2, -0.15) is 0 Å². The van der Waals surface area contributed by atoms with Gasteiger partial charge in [0.2, 0.25) is 0 Å². The molecule has 0 aromatic heterocycles. The van der Waals surface area contributed by atoms with Crippen LogP contribution in [0.2, 0.25) is 0 Å². The van der Waals surface area contributed by atoms with Gasteiger partial charge in [0.1, 0.15) is 18.8 Å². The van der Waals surface area contributed by atoms with Crippen LogP contribution in [0.25, 0.3) is 0 Å². The summed E-state index contributed by atoms with van der Waals surface area (Å²) in [4.78, 5) is 11.3. The van der Waals surface area contributed by atoms with Crippen LogP contribution in [-0.2, 0) is 18.5 Å². The number of carbonyl (C=O) groups is 1. The SMILES string of the molecule is CC(C)(C)OC(=O)CCCOCC#CCOSI. The maximum absolute atomic E-state index is 11.3. The zero-order chi connectivity index (χ0) is 13.9. The van der Waals surface area contributed by atoms with E-state index >= 15 is 0 Å². The molecule has 18 heavy (non-hydrogen) atoms. The molecule has 0 spiro atoms. The van der Waals surface area contributed by atoms with Gasteiger partial charge in [-0.25, -0.2) is 0 Å². The minimum Gasteiger partial charge on any atom is -0.460 e. The predicted octanol–water partition coefficient (Wildman–Crippen LogP) is 3.14. The van der Waals surface area contributed by atoms with Crippen molar-refractivity contribution in [3.05, 3.63) is 0 Å². The number of esters is 1. The van der Waals surface area contributed by atoms with Crippen molar-refractivity contribution in [2.45, 2.75) is 39.2 Å². The van der Waals surface area contributed by atoms with E-state index in [1.165, 1.54) is 9.21 Å². The minimum atomic E-state index is -0.417.